The van der Waals surface area contributed by atoms with E-state index in [1.54, 1.807) is 14.2 Å². The van der Waals surface area contributed by atoms with Crippen LogP contribution < -0.4 is 24.3 Å². The molecule has 110 valence electrons. The van der Waals surface area contributed by atoms with Crippen LogP contribution in [0.4, 0.5) is 5.69 Å². The minimum Gasteiger partial charge on any atom is -0.497 e. The van der Waals surface area contributed by atoms with Crippen LogP contribution in [0.2, 0.25) is 0 Å². The van der Waals surface area contributed by atoms with E-state index in [0.717, 1.165) is 22.7 Å². The van der Waals surface area contributed by atoms with Gasteiger partial charge in [-0.15, -0.1) is 0 Å². The molecule has 0 unspecified atom stereocenters. The van der Waals surface area contributed by atoms with Gasteiger partial charge < -0.3 is 24.3 Å². The fourth-order valence-electron chi connectivity index (χ4n) is 2.20. The topological polar surface area (TPSA) is 49.0 Å². The lowest BCUT2D eigenvalue weighted by atomic mass is 10.1. The van der Waals surface area contributed by atoms with E-state index < -0.39 is 0 Å². The number of anilines is 1. The maximum Gasteiger partial charge on any atom is 0.231 e. The lowest BCUT2D eigenvalue weighted by molar-refractivity contribution is 0.171. The molecule has 0 fully saturated rings. The summed E-state index contributed by atoms with van der Waals surface area (Å²) in [7, 11) is 3.28. The summed E-state index contributed by atoms with van der Waals surface area (Å²) in [5.41, 5.74) is 2.08. The van der Waals surface area contributed by atoms with Gasteiger partial charge in [-0.1, -0.05) is 0 Å². The minimum atomic E-state index is 0.237. The summed E-state index contributed by atoms with van der Waals surface area (Å²) in [5.74, 6) is 2.92. The van der Waals surface area contributed by atoms with Crippen molar-refractivity contribution >= 4 is 5.69 Å². The molecule has 2 aromatic rings. The number of hydrogen-bond acceptors (Lipinski definition) is 5. The van der Waals surface area contributed by atoms with E-state index in [-0.39, 0.29) is 6.79 Å². The molecule has 1 heterocycles. The van der Waals surface area contributed by atoms with Crippen LogP contribution in [-0.2, 0) is 6.54 Å². The first-order valence-electron chi connectivity index (χ1n) is 6.64. The van der Waals surface area contributed by atoms with Crippen LogP contribution in [0.3, 0.4) is 0 Å². The first-order valence-corrected chi connectivity index (χ1v) is 6.64. The smallest absolute Gasteiger partial charge is 0.231 e. The van der Waals surface area contributed by atoms with Gasteiger partial charge in [-0.3, -0.25) is 0 Å². The maximum atomic E-state index is 5.42. The summed E-state index contributed by atoms with van der Waals surface area (Å²) in [4.78, 5) is 0. The molecular formula is C16H17NO4. The fourth-order valence-corrected chi connectivity index (χ4v) is 2.20. The van der Waals surface area contributed by atoms with E-state index in [2.05, 4.69) is 5.32 Å². The van der Waals surface area contributed by atoms with Crippen LogP contribution >= 0.6 is 0 Å². The van der Waals surface area contributed by atoms with E-state index in [9.17, 15) is 0 Å². The Morgan fingerprint density at radius 1 is 1.05 bits per heavy atom. The van der Waals surface area contributed by atoms with Crippen LogP contribution in [0, 0.1) is 0 Å². The largest absolute Gasteiger partial charge is 0.497 e. The normalized spacial score (nSPS) is 12.1. The zero-order valence-corrected chi connectivity index (χ0v) is 12.0. The quantitative estimate of drug-likeness (QED) is 0.916. The summed E-state index contributed by atoms with van der Waals surface area (Å²) in [6, 6.07) is 11.7. The second-order valence-electron chi connectivity index (χ2n) is 4.61. The van der Waals surface area contributed by atoms with Gasteiger partial charge in [0.15, 0.2) is 11.5 Å². The highest BCUT2D eigenvalue weighted by Crippen LogP contribution is 2.41. The summed E-state index contributed by atoms with van der Waals surface area (Å²) >= 11 is 0. The Bertz CT molecular complexity index is 625. The SMILES string of the molecule is COc1ccc(NCc2cc(OC)c3c(c2)OCO3)cc1. The molecule has 1 aliphatic heterocycles. The molecule has 0 bridgehead atoms. The first-order chi connectivity index (χ1) is 10.3. The molecule has 5 nitrogen and oxygen atoms in total. The molecule has 0 saturated heterocycles. The standard InChI is InChI=1S/C16H17NO4/c1-18-13-5-3-12(4-6-13)17-9-11-7-14(19-2)16-15(8-11)20-10-21-16/h3-8,17H,9-10H2,1-2H3. The third-order valence-corrected chi connectivity index (χ3v) is 3.30. The third-order valence-electron chi connectivity index (χ3n) is 3.30. The van der Waals surface area contributed by atoms with Gasteiger partial charge in [0.05, 0.1) is 14.2 Å². The summed E-state index contributed by atoms with van der Waals surface area (Å²) in [6.07, 6.45) is 0. The fraction of sp³-hybridized carbons (Fsp3) is 0.250. The lowest BCUT2D eigenvalue weighted by Crippen LogP contribution is -2.00. The van der Waals surface area contributed by atoms with Crippen LogP contribution in [0.1, 0.15) is 5.56 Å². The van der Waals surface area contributed by atoms with Gasteiger partial charge in [0.25, 0.3) is 0 Å². The maximum absolute atomic E-state index is 5.42. The molecule has 1 aliphatic rings. The Morgan fingerprint density at radius 3 is 2.57 bits per heavy atom. The van der Waals surface area contributed by atoms with Crippen molar-refractivity contribution in [2.75, 3.05) is 26.3 Å². The van der Waals surface area contributed by atoms with Crippen LogP contribution in [0.5, 0.6) is 23.0 Å². The molecule has 2 aromatic carbocycles. The molecule has 21 heavy (non-hydrogen) atoms. The highest BCUT2D eigenvalue weighted by molar-refractivity contribution is 5.56. The van der Waals surface area contributed by atoms with Crippen molar-refractivity contribution < 1.29 is 18.9 Å². The molecular weight excluding hydrogens is 270 g/mol. The van der Waals surface area contributed by atoms with Gasteiger partial charge in [-0.2, -0.15) is 0 Å². The first kappa shape index (κ1) is 13.4. The number of fused-ring (bicyclic) bond motifs is 1. The highest BCUT2D eigenvalue weighted by Gasteiger charge is 2.19. The van der Waals surface area contributed by atoms with Crippen molar-refractivity contribution in [2.24, 2.45) is 0 Å². The molecule has 0 aromatic heterocycles. The van der Waals surface area contributed by atoms with E-state index in [0.29, 0.717) is 18.0 Å². The van der Waals surface area contributed by atoms with Gasteiger partial charge >= 0.3 is 0 Å². The monoisotopic (exact) mass is 287 g/mol. The van der Waals surface area contributed by atoms with Gasteiger partial charge in [-0.25, -0.2) is 0 Å². The number of methoxy groups -OCH3 is 2. The molecule has 0 radical (unpaired) electrons. The molecule has 1 N–H and O–H groups in total. The molecule has 0 saturated carbocycles. The molecule has 0 amide bonds. The Hall–Kier alpha value is -2.56. The van der Waals surface area contributed by atoms with Crippen molar-refractivity contribution in [3.8, 4) is 23.0 Å². The number of nitrogens with one attached hydrogen (secondary N) is 1. The Kier molecular flexibility index (Phi) is 3.73. The summed E-state index contributed by atoms with van der Waals surface area (Å²) in [6.45, 7) is 0.903. The summed E-state index contributed by atoms with van der Waals surface area (Å²) < 4.78 is 21.3. The second-order valence-corrected chi connectivity index (χ2v) is 4.61. The van der Waals surface area contributed by atoms with Gasteiger partial charge in [0, 0.05) is 12.2 Å². The van der Waals surface area contributed by atoms with Crippen LogP contribution in [0.25, 0.3) is 0 Å². The van der Waals surface area contributed by atoms with E-state index in [1.807, 2.05) is 36.4 Å². The van der Waals surface area contributed by atoms with Gasteiger partial charge in [-0.05, 0) is 42.0 Å². The van der Waals surface area contributed by atoms with Crippen molar-refractivity contribution in [2.45, 2.75) is 6.54 Å². The zero-order chi connectivity index (χ0) is 14.7. The second kappa shape index (κ2) is 5.83. The predicted molar refractivity (Wildman–Crippen MR) is 79.4 cm³/mol. The highest BCUT2D eigenvalue weighted by atomic mass is 16.7. The Balaban J connectivity index is 1.72. The van der Waals surface area contributed by atoms with Crippen LogP contribution in [0.15, 0.2) is 36.4 Å². The summed E-state index contributed by atoms with van der Waals surface area (Å²) in [5, 5.41) is 3.35. The zero-order valence-electron chi connectivity index (χ0n) is 12.0. The number of ether oxygens (including phenoxy) is 4. The van der Waals surface area contributed by atoms with Crippen LogP contribution in [-0.4, -0.2) is 21.0 Å². The van der Waals surface area contributed by atoms with Crippen molar-refractivity contribution in [1.29, 1.82) is 0 Å². The van der Waals surface area contributed by atoms with Crippen molar-refractivity contribution in [3.63, 3.8) is 0 Å². The van der Waals surface area contributed by atoms with E-state index in [4.69, 9.17) is 18.9 Å². The number of benzene rings is 2. The van der Waals surface area contributed by atoms with E-state index in [1.165, 1.54) is 0 Å². The molecule has 0 atom stereocenters. The van der Waals surface area contributed by atoms with Crippen molar-refractivity contribution in [3.05, 3.63) is 42.0 Å². The molecule has 0 aliphatic carbocycles. The van der Waals surface area contributed by atoms with Gasteiger partial charge in [0.2, 0.25) is 12.5 Å². The third kappa shape index (κ3) is 2.81. The van der Waals surface area contributed by atoms with Crippen molar-refractivity contribution in [1.82, 2.24) is 0 Å². The average Bonchev–Trinajstić information content (AvgIpc) is 3.01. The number of rotatable bonds is 5. The molecule has 0 spiro atoms. The van der Waals surface area contributed by atoms with E-state index >= 15 is 0 Å². The minimum absolute atomic E-state index is 0.237. The Labute approximate surface area is 123 Å². The van der Waals surface area contributed by atoms with Gasteiger partial charge in [0.1, 0.15) is 5.75 Å². The lowest BCUT2D eigenvalue weighted by Gasteiger charge is -2.10. The predicted octanol–water partition coefficient (Wildman–Crippen LogP) is 3.04. The molecule has 3 rings (SSSR count). The Morgan fingerprint density at radius 2 is 1.86 bits per heavy atom. The molecule has 5 heteroatoms. The number of hydrogen-bond donors (Lipinski definition) is 1. The average molecular weight is 287 g/mol.